The summed E-state index contributed by atoms with van der Waals surface area (Å²) in [4.78, 5) is 50.5. The number of nitrogens with zero attached hydrogens (tertiary/aromatic N) is 5. The number of sulfonamides is 1. The lowest BCUT2D eigenvalue weighted by molar-refractivity contribution is -0.387. The molecule has 0 fully saturated rings. The van der Waals surface area contributed by atoms with Crippen LogP contribution < -0.4 is 16.0 Å². The fraction of sp³-hybridized carbons (Fsp3) is 0.344. The van der Waals surface area contributed by atoms with E-state index in [-0.39, 0.29) is 37.6 Å². The summed E-state index contributed by atoms with van der Waals surface area (Å²) in [5.41, 5.74) is 8.32. The number of nitro groups is 1. The zero-order chi connectivity index (χ0) is 34.5. The summed E-state index contributed by atoms with van der Waals surface area (Å²) in [6.07, 6.45) is 0. The topological polar surface area (TPSA) is 180 Å². The molecule has 0 bridgehead atoms. The van der Waals surface area contributed by atoms with Crippen LogP contribution in [0.25, 0.3) is 0 Å². The first kappa shape index (κ1) is 35.2. The number of nitrogens with one attached hydrogen (secondary N) is 1. The summed E-state index contributed by atoms with van der Waals surface area (Å²) in [6, 6.07) is 17.0. The van der Waals surface area contributed by atoms with E-state index in [9.17, 15) is 32.9 Å². The number of aryl methyl sites for hydroxylation is 1. The van der Waals surface area contributed by atoms with E-state index in [0.717, 1.165) is 21.5 Å². The normalized spacial score (nSPS) is 13.1. The second-order valence-corrected chi connectivity index (χ2v) is 13.3. The van der Waals surface area contributed by atoms with E-state index in [1.807, 2.05) is 29.3 Å². The molecule has 250 valence electrons. The fourth-order valence-corrected chi connectivity index (χ4v) is 7.20. The van der Waals surface area contributed by atoms with E-state index in [1.165, 1.54) is 40.2 Å². The number of rotatable bonds is 14. The molecule has 3 aromatic carbocycles. The zero-order valence-corrected chi connectivity index (χ0v) is 27.6. The van der Waals surface area contributed by atoms with Gasteiger partial charge in [-0.1, -0.05) is 42.5 Å². The number of primary amides is 1. The van der Waals surface area contributed by atoms with Gasteiger partial charge in [-0.15, -0.1) is 0 Å². The molecule has 3 aromatic rings. The Hall–Kier alpha value is -4.70. The molecule has 47 heavy (non-hydrogen) atoms. The van der Waals surface area contributed by atoms with Crippen molar-refractivity contribution in [1.82, 2.24) is 19.6 Å². The quantitative estimate of drug-likeness (QED) is 0.193. The van der Waals surface area contributed by atoms with Crippen LogP contribution in [-0.2, 0) is 32.7 Å². The number of fused-ring (bicyclic) bond motifs is 1. The third kappa shape index (κ3) is 8.00. The Kier molecular flexibility index (Phi) is 11.1. The van der Waals surface area contributed by atoms with E-state index < -0.39 is 43.4 Å². The smallest absolute Gasteiger partial charge is 0.289 e. The van der Waals surface area contributed by atoms with Gasteiger partial charge in [0.15, 0.2) is 4.90 Å². The predicted molar refractivity (Wildman–Crippen MR) is 176 cm³/mol. The molecule has 0 saturated heterocycles. The van der Waals surface area contributed by atoms with Gasteiger partial charge >= 0.3 is 0 Å². The molecule has 0 aromatic heterocycles. The van der Waals surface area contributed by atoms with Gasteiger partial charge in [-0.05, 0) is 55.7 Å². The Bertz CT molecular complexity index is 1760. The second kappa shape index (κ2) is 14.8. The van der Waals surface area contributed by atoms with Gasteiger partial charge in [-0.3, -0.25) is 34.8 Å². The van der Waals surface area contributed by atoms with Crippen molar-refractivity contribution in [3.8, 4) is 0 Å². The number of para-hydroxylation sites is 1. The van der Waals surface area contributed by atoms with E-state index in [2.05, 4.69) is 5.32 Å². The van der Waals surface area contributed by atoms with Crippen molar-refractivity contribution in [2.75, 3.05) is 38.1 Å². The molecule has 3 amide bonds. The molecule has 0 radical (unpaired) electrons. The average molecular weight is 666 g/mol. The number of carbonyl (C=O) groups is 3. The summed E-state index contributed by atoms with van der Waals surface area (Å²) < 4.78 is 28.5. The Morgan fingerprint density at radius 3 is 2.15 bits per heavy atom. The van der Waals surface area contributed by atoms with Crippen LogP contribution in [0.15, 0.2) is 71.6 Å². The number of hydrogen-bond acceptors (Lipinski definition) is 9. The minimum absolute atomic E-state index is 0.145. The number of nitro benzene ring substituents is 1. The third-order valence-electron chi connectivity index (χ3n) is 8.02. The molecular formula is C32H39N7O7S. The maximum Gasteiger partial charge on any atom is 0.289 e. The van der Waals surface area contributed by atoms with Gasteiger partial charge in [0.1, 0.15) is 0 Å². The first-order valence-corrected chi connectivity index (χ1v) is 16.4. The number of anilines is 1. The Labute approximate surface area is 273 Å². The van der Waals surface area contributed by atoms with Crippen molar-refractivity contribution in [3.05, 3.63) is 99.1 Å². The van der Waals surface area contributed by atoms with Crippen molar-refractivity contribution in [1.29, 1.82) is 0 Å². The van der Waals surface area contributed by atoms with Gasteiger partial charge in [-0.25, -0.2) is 13.4 Å². The Morgan fingerprint density at radius 2 is 1.55 bits per heavy atom. The SMILES string of the molecule is Cc1ccc(C(N)=O)cc1N(CCN(C(C)C)S(=O)(=O)c1ccccc1[N+](=O)[O-])C(=O)CNCC(=O)N(C)N1Cc2ccccc2C1. The summed E-state index contributed by atoms with van der Waals surface area (Å²) in [5, 5.41) is 18.0. The van der Waals surface area contributed by atoms with E-state index in [1.54, 1.807) is 33.9 Å². The highest BCUT2D eigenvalue weighted by Gasteiger charge is 2.34. The van der Waals surface area contributed by atoms with Gasteiger partial charge < -0.3 is 10.6 Å². The summed E-state index contributed by atoms with van der Waals surface area (Å²) in [7, 11) is -2.70. The average Bonchev–Trinajstić information content (AvgIpc) is 3.47. The minimum Gasteiger partial charge on any atom is -0.366 e. The summed E-state index contributed by atoms with van der Waals surface area (Å²) in [6.45, 7) is 5.33. The molecule has 0 spiro atoms. The molecule has 4 rings (SSSR count). The van der Waals surface area contributed by atoms with Crippen molar-refractivity contribution in [3.63, 3.8) is 0 Å². The van der Waals surface area contributed by atoms with Crippen molar-refractivity contribution in [2.24, 2.45) is 5.73 Å². The van der Waals surface area contributed by atoms with Gasteiger partial charge in [0.05, 0.1) is 18.0 Å². The predicted octanol–water partition coefficient (Wildman–Crippen LogP) is 2.41. The monoisotopic (exact) mass is 665 g/mol. The third-order valence-corrected chi connectivity index (χ3v) is 10.1. The molecule has 1 aliphatic rings. The standard InChI is InChI=1S/C32H39N7O7S/c1-22(2)38(47(45,46)29-12-8-7-11-27(29)39(43)44)16-15-37(28-17-24(32(33)42)14-13-23(28)3)31(41)19-34-18-30(40)35(4)36-20-25-9-5-6-10-26(25)21-36/h5-14,17,22,34H,15-16,18-21H2,1-4H3,(H2,33,42). The largest absolute Gasteiger partial charge is 0.366 e. The van der Waals surface area contributed by atoms with Gasteiger partial charge in [-0.2, -0.15) is 4.31 Å². The van der Waals surface area contributed by atoms with Crippen LogP contribution in [0.3, 0.4) is 0 Å². The Balaban J connectivity index is 1.52. The molecule has 0 unspecified atom stereocenters. The van der Waals surface area contributed by atoms with E-state index in [4.69, 9.17) is 5.73 Å². The zero-order valence-electron chi connectivity index (χ0n) is 26.8. The van der Waals surface area contributed by atoms with Crippen LogP contribution in [0.2, 0.25) is 0 Å². The van der Waals surface area contributed by atoms with Crippen LogP contribution >= 0.6 is 0 Å². The molecule has 0 atom stereocenters. The number of likely N-dealkylation sites (N-methyl/N-ethyl adjacent to an activating group) is 1. The lowest BCUT2D eigenvalue weighted by atomic mass is 10.1. The van der Waals surface area contributed by atoms with Crippen LogP contribution in [0.4, 0.5) is 11.4 Å². The first-order valence-electron chi connectivity index (χ1n) is 15.0. The molecule has 0 aliphatic carbocycles. The highest BCUT2D eigenvalue weighted by Crippen LogP contribution is 2.28. The van der Waals surface area contributed by atoms with Gasteiger partial charge in [0.25, 0.3) is 11.6 Å². The second-order valence-electron chi connectivity index (χ2n) is 11.5. The number of hydrazine groups is 1. The first-order chi connectivity index (χ1) is 22.2. The van der Waals surface area contributed by atoms with Crippen LogP contribution in [0.5, 0.6) is 0 Å². The highest BCUT2D eigenvalue weighted by molar-refractivity contribution is 7.89. The van der Waals surface area contributed by atoms with Crippen LogP contribution in [0, 0.1) is 17.0 Å². The maximum atomic E-state index is 13.7. The molecule has 1 heterocycles. The lowest BCUT2D eigenvalue weighted by Gasteiger charge is -2.31. The number of amides is 3. The summed E-state index contributed by atoms with van der Waals surface area (Å²) in [5.74, 6) is -1.46. The maximum absolute atomic E-state index is 13.7. The van der Waals surface area contributed by atoms with Crippen LogP contribution in [-0.4, -0.2) is 84.7 Å². The van der Waals surface area contributed by atoms with E-state index in [0.29, 0.717) is 24.3 Å². The van der Waals surface area contributed by atoms with E-state index >= 15 is 0 Å². The molecule has 0 saturated carbocycles. The minimum atomic E-state index is -4.37. The number of carbonyl (C=O) groups excluding carboxylic acids is 3. The van der Waals surface area contributed by atoms with Crippen molar-refractivity contribution < 1.29 is 27.7 Å². The lowest BCUT2D eigenvalue weighted by Crippen LogP contribution is -2.48. The molecule has 3 N–H and O–H groups in total. The molecule has 14 nitrogen and oxygen atoms in total. The van der Waals surface area contributed by atoms with Crippen molar-refractivity contribution >= 4 is 39.1 Å². The highest BCUT2D eigenvalue weighted by atomic mass is 32.2. The number of benzene rings is 3. The molecular weight excluding hydrogens is 626 g/mol. The number of hydrogen-bond donors (Lipinski definition) is 2. The molecule has 15 heteroatoms. The molecule has 1 aliphatic heterocycles. The van der Waals surface area contributed by atoms with Crippen molar-refractivity contribution in [2.45, 2.75) is 44.8 Å². The van der Waals surface area contributed by atoms with Gasteiger partial charge in [0.2, 0.25) is 21.8 Å². The van der Waals surface area contributed by atoms with Crippen LogP contribution in [0.1, 0.15) is 40.9 Å². The fourth-order valence-electron chi connectivity index (χ4n) is 5.41. The van der Waals surface area contributed by atoms with Gasteiger partial charge in [0, 0.05) is 56.6 Å². The number of nitrogens with two attached hydrogens (primary N) is 1. The summed E-state index contributed by atoms with van der Waals surface area (Å²) >= 11 is 0. The Morgan fingerprint density at radius 1 is 0.957 bits per heavy atom.